The number of allylic oxidation sites excluding steroid dienone is 4. The summed E-state index contributed by atoms with van der Waals surface area (Å²) >= 11 is 0. The van der Waals surface area contributed by atoms with Crippen LogP contribution < -0.4 is 4.74 Å². The highest BCUT2D eigenvalue weighted by Gasteiger charge is 2.62. The molecule has 2 unspecified atom stereocenters. The maximum absolute atomic E-state index is 13.3. The van der Waals surface area contributed by atoms with Crippen molar-refractivity contribution in [3.63, 3.8) is 0 Å². The Hall–Kier alpha value is -3.84. The number of alkyl halides is 3. The number of halogens is 3. The second-order valence-corrected chi connectivity index (χ2v) is 10.3. The normalized spacial score (nSPS) is 25.9. The maximum atomic E-state index is 13.3. The Kier molecular flexibility index (Phi) is 5.72. The third-order valence-corrected chi connectivity index (χ3v) is 8.11. The number of rotatable bonds is 4. The van der Waals surface area contributed by atoms with E-state index in [9.17, 15) is 28.2 Å². The number of fused-ring (bicyclic) bond motifs is 1. The van der Waals surface area contributed by atoms with Gasteiger partial charge in [0.05, 0.1) is 23.8 Å². The first-order chi connectivity index (χ1) is 18.2. The Balaban J connectivity index is 1.25. The van der Waals surface area contributed by atoms with Crippen molar-refractivity contribution < 1.29 is 32.9 Å². The SMILES string of the molecule is O=C(O)c1ccc(C(F)(F)F)cc1-c1ccc2c(c1)OC[C@]1(C[C@H]1C1=CCC(c3ccccc3)C=C1)C2O. The van der Waals surface area contributed by atoms with Crippen molar-refractivity contribution in [3.8, 4) is 16.9 Å². The molecule has 1 aliphatic heterocycles. The van der Waals surface area contributed by atoms with E-state index in [1.807, 2.05) is 18.2 Å². The lowest BCUT2D eigenvalue weighted by Gasteiger charge is -2.32. The number of carboxylic acid groups (broad SMARTS) is 1. The molecular weight excluding hydrogens is 493 g/mol. The number of hydrogen-bond donors (Lipinski definition) is 2. The number of aliphatic hydroxyl groups excluding tert-OH is 1. The molecule has 2 aliphatic carbocycles. The van der Waals surface area contributed by atoms with Crippen molar-refractivity contribution in [2.24, 2.45) is 11.3 Å². The molecule has 38 heavy (non-hydrogen) atoms. The van der Waals surface area contributed by atoms with E-state index in [0.29, 0.717) is 17.2 Å². The molecule has 0 saturated heterocycles. The highest BCUT2D eigenvalue weighted by Crippen LogP contribution is 2.66. The summed E-state index contributed by atoms with van der Waals surface area (Å²) in [6.07, 6.45) is 2.86. The molecule has 4 nitrogen and oxygen atoms in total. The van der Waals surface area contributed by atoms with E-state index in [-0.39, 0.29) is 29.2 Å². The number of hydrogen-bond acceptors (Lipinski definition) is 3. The maximum Gasteiger partial charge on any atom is 0.416 e. The Morgan fingerprint density at radius 3 is 2.50 bits per heavy atom. The fraction of sp³-hybridized carbons (Fsp3) is 0.258. The van der Waals surface area contributed by atoms with Crippen molar-refractivity contribution >= 4 is 5.97 Å². The largest absolute Gasteiger partial charge is 0.492 e. The molecule has 0 bridgehead atoms. The van der Waals surface area contributed by atoms with Crippen LogP contribution in [0.25, 0.3) is 11.1 Å². The van der Waals surface area contributed by atoms with Gasteiger partial charge in [-0.3, -0.25) is 0 Å². The molecule has 3 aromatic carbocycles. The summed E-state index contributed by atoms with van der Waals surface area (Å²) < 4.78 is 46.0. The van der Waals surface area contributed by atoms with Crippen molar-refractivity contribution in [1.82, 2.24) is 0 Å². The van der Waals surface area contributed by atoms with Gasteiger partial charge in [0.25, 0.3) is 0 Å². The minimum atomic E-state index is -4.61. The van der Waals surface area contributed by atoms with Crippen LogP contribution >= 0.6 is 0 Å². The van der Waals surface area contributed by atoms with E-state index in [4.69, 9.17) is 4.74 Å². The summed E-state index contributed by atoms with van der Waals surface area (Å²) in [5, 5.41) is 20.9. The van der Waals surface area contributed by atoms with Gasteiger partial charge in [0.2, 0.25) is 0 Å². The number of carboxylic acids is 1. The molecule has 0 aromatic heterocycles. The predicted molar refractivity (Wildman–Crippen MR) is 136 cm³/mol. The van der Waals surface area contributed by atoms with Crippen molar-refractivity contribution in [3.05, 3.63) is 113 Å². The highest BCUT2D eigenvalue weighted by molar-refractivity contribution is 5.96. The van der Waals surface area contributed by atoms with Gasteiger partial charge in [-0.2, -0.15) is 13.2 Å². The summed E-state index contributed by atoms with van der Waals surface area (Å²) in [6.45, 7) is 0.275. The third kappa shape index (κ3) is 4.11. The minimum Gasteiger partial charge on any atom is -0.492 e. The fourth-order valence-corrected chi connectivity index (χ4v) is 5.87. The van der Waals surface area contributed by atoms with E-state index >= 15 is 0 Å². The molecule has 1 heterocycles. The van der Waals surface area contributed by atoms with Gasteiger partial charge in [-0.05, 0) is 65.3 Å². The van der Waals surface area contributed by atoms with Gasteiger partial charge in [0, 0.05) is 16.9 Å². The highest BCUT2D eigenvalue weighted by atomic mass is 19.4. The number of ether oxygens (including phenoxy) is 1. The zero-order valence-corrected chi connectivity index (χ0v) is 20.3. The number of carbonyl (C=O) groups is 1. The molecule has 4 atom stereocenters. The molecule has 7 heteroatoms. The quantitative estimate of drug-likeness (QED) is 0.384. The van der Waals surface area contributed by atoms with Gasteiger partial charge in [0.15, 0.2) is 0 Å². The molecule has 2 N–H and O–H groups in total. The molecule has 3 aliphatic rings. The summed E-state index contributed by atoms with van der Waals surface area (Å²) in [7, 11) is 0. The fourth-order valence-electron chi connectivity index (χ4n) is 5.87. The Bertz CT molecular complexity index is 1470. The lowest BCUT2D eigenvalue weighted by molar-refractivity contribution is -0.137. The van der Waals surface area contributed by atoms with E-state index in [1.54, 1.807) is 12.1 Å². The molecule has 3 aromatic rings. The van der Waals surface area contributed by atoms with E-state index in [0.717, 1.165) is 31.0 Å². The Morgan fingerprint density at radius 1 is 1.03 bits per heavy atom. The Morgan fingerprint density at radius 2 is 1.82 bits per heavy atom. The van der Waals surface area contributed by atoms with Crippen LogP contribution in [0, 0.1) is 11.3 Å². The summed E-state index contributed by atoms with van der Waals surface area (Å²) in [5.41, 5.74) is 1.63. The summed E-state index contributed by atoms with van der Waals surface area (Å²) in [5.74, 6) is -0.485. The van der Waals surface area contributed by atoms with Crippen LogP contribution in [0.4, 0.5) is 13.2 Å². The van der Waals surface area contributed by atoms with Crippen LogP contribution in [0.3, 0.4) is 0 Å². The molecule has 1 spiro atoms. The molecular formula is C31H25F3O4. The minimum absolute atomic E-state index is 0.0525. The third-order valence-electron chi connectivity index (χ3n) is 8.11. The molecule has 1 saturated carbocycles. The van der Waals surface area contributed by atoms with Gasteiger partial charge < -0.3 is 14.9 Å². The topological polar surface area (TPSA) is 66.8 Å². The summed E-state index contributed by atoms with van der Waals surface area (Å²) in [6, 6.07) is 17.6. The van der Waals surface area contributed by atoms with Gasteiger partial charge in [-0.25, -0.2) is 4.79 Å². The second kappa shape index (κ2) is 8.88. The molecule has 1 fully saturated rings. The number of aromatic carboxylic acids is 1. The van der Waals surface area contributed by atoms with Crippen LogP contribution in [0.2, 0.25) is 0 Å². The number of benzene rings is 3. The summed E-state index contributed by atoms with van der Waals surface area (Å²) in [4.78, 5) is 11.7. The van der Waals surface area contributed by atoms with E-state index < -0.39 is 29.2 Å². The van der Waals surface area contributed by atoms with Crippen LogP contribution in [0.15, 0.2) is 90.5 Å². The molecule has 6 rings (SSSR count). The zero-order valence-electron chi connectivity index (χ0n) is 20.3. The lowest BCUT2D eigenvalue weighted by atomic mass is 9.83. The van der Waals surface area contributed by atoms with Crippen molar-refractivity contribution in [2.75, 3.05) is 6.61 Å². The van der Waals surface area contributed by atoms with E-state index in [2.05, 4.69) is 30.4 Å². The van der Waals surface area contributed by atoms with Gasteiger partial charge in [-0.1, -0.05) is 60.7 Å². The van der Waals surface area contributed by atoms with Gasteiger partial charge >= 0.3 is 12.1 Å². The van der Waals surface area contributed by atoms with Gasteiger partial charge in [0.1, 0.15) is 5.75 Å². The lowest BCUT2D eigenvalue weighted by Crippen LogP contribution is -2.29. The van der Waals surface area contributed by atoms with Crippen molar-refractivity contribution in [1.29, 1.82) is 0 Å². The van der Waals surface area contributed by atoms with Gasteiger partial charge in [-0.15, -0.1) is 0 Å². The predicted octanol–water partition coefficient (Wildman–Crippen LogP) is 7.17. The first-order valence-corrected chi connectivity index (χ1v) is 12.5. The number of aliphatic hydroxyl groups is 1. The van der Waals surface area contributed by atoms with Crippen LogP contribution in [-0.4, -0.2) is 22.8 Å². The average Bonchev–Trinajstić information content (AvgIpc) is 3.65. The first kappa shape index (κ1) is 24.5. The first-order valence-electron chi connectivity index (χ1n) is 12.5. The smallest absolute Gasteiger partial charge is 0.416 e. The zero-order chi connectivity index (χ0) is 26.7. The monoisotopic (exact) mass is 518 g/mol. The molecule has 0 radical (unpaired) electrons. The average molecular weight is 519 g/mol. The molecule has 194 valence electrons. The second-order valence-electron chi connectivity index (χ2n) is 10.3. The van der Waals surface area contributed by atoms with Crippen molar-refractivity contribution in [2.45, 2.75) is 31.0 Å². The standard InChI is InChI=1S/C31H25F3O4/c32-31(33,34)22-11-13-23(29(36)37)25(15-22)21-10-12-24-27(14-21)38-17-30(28(24)35)16-26(30)20-8-6-19(7-9-20)18-4-2-1-3-5-18/h1-6,8-15,19,26,28,35H,7,16-17H2,(H,36,37)/t19?,26-,28?,30-/m0/s1. The van der Waals surface area contributed by atoms with Crippen LogP contribution in [0.1, 0.15) is 51.9 Å². The Labute approximate surface area is 217 Å². The van der Waals surface area contributed by atoms with Crippen LogP contribution in [-0.2, 0) is 6.18 Å². The molecule has 0 amide bonds. The van der Waals surface area contributed by atoms with Crippen LogP contribution in [0.5, 0.6) is 5.75 Å². The van der Waals surface area contributed by atoms with E-state index in [1.165, 1.54) is 17.2 Å².